The first-order valence-corrected chi connectivity index (χ1v) is 6.65. The Balaban J connectivity index is 2.07. The summed E-state index contributed by atoms with van der Waals surface area (Å²) in [7, 11) is 0. The van der Waals surface area contributed by atoms with Crippen molar-refractivity contribution in [3.63, 3.8) is 0 Å². The summed E-state index contributed by atoms with van der Waals surface area (Å²) in [4.78, 5) is 6.61. The van der Waals surface area contributed by atoms with E-state index in [-0.39, 0.29) is 0 Å². The summed E-state index contributed by atoms with van der Waals surface area (Å²) in [5.41, 5.74) is 10.5. The first kappa shape index (κ1) is 13.6. The molecule has 0 saturated carbocycles. The zero-order valence-corrected chi connectivity index (χ0v) is 11.6. The highest BCUT2D eigenvalue weighted by Gasteiger charge is 2.07. The van der Waals surface area contributed by atoms with Gasteiger partial charge in [-0.05, 0) is 36.2 Å². The van der Waals surface area contributed by atoms with Crippen molar-refractivity contribution >= 4 is 5.69 Å². The van der Waals surface area contributed by atoms with E-state index in [9.17, 15) is 0 Å². The molecule has 3 heteroatoms. The minimum absolute atomic E-state index is 0.864. The molecule has 2 rings (SSSR count). The summed E-state index contributed by atoms with van der Waals surface area (Å²) in [5.74, 6) is 0. The molecule has 2 N–H and O–H groups in total. The maximum atomic E-state index is 6.00. The fourth-order valence-electron chi connectivity index (χ4n) is 2.16. The molecule has 0 fully saturated rings. The maximum absolute atomic E-state index is 6.00. The van der Waals surface area contributed by atoms with Crippen LogP contribution in [-0.4, -0.2) is 16.4 Å². The molecular weight excluding hydrogens is 234 g/mol. The van der Waals surface area contributed by atoms with Crippen LogP contribution in [-0.2, 0) is 13.1 Å². The van der Waals surface area contributed by atoms with Gasteiger partial charge in [-0.25, -0.2) is 0 Å². The largest absolute Gasteiger partial charge is 0.398 e. The van der Waals surface area contributed by atoms with Gasteiger partial charge in [0.25, 0.3) is 0 Å². The molecular formula is C16H21N3. The van der Waals surface area contributed by atoms with Crippen LogP contribution in [0, 0.1) is 6.92 Å². The molecule has 1 aromatic carbocycles. The van der Waals surface area contributed by atoms with Gasteiger partial charge in [-0.3, -0.25) is 9.88 Å². The van der Waals surface area contributed by atoms with Crippen molar-refractivity contribution in [1.82, 2.24) is 9.88 Å². The van der Waals surface area contributed by atoms with Gasteiger partial charge in [-0.2, -0.15) is 0 Å². The van der Waals surface area contributed by atoms with Crippen LogP contribution in [0.4, 0.5) is 5.69 Å². The highest BCUT2D eigenvalue weighted by molar-refractivity contribution is 5.46. The topological polar surface area (TPSA) is 42.2 Å². The van der Waals surface area contributed by atoms with E-state index in [1.54, 1.807) is 0 Å². The van der Waals surface area contributed by atoms with Gasteiger partial charge in [0.15, 0.2) is 0 Å². The van der Waals surface area contributed by atoms with Gasteiger partial charge in [0, 0.05) is 31.2 Å². The molecule has 100 valence electrons. The third kappa shape index (κ3) is 3.80. The van der Waals surface area contributed by atoms with Gasteiger partial charge in [0.05, 0.1) is 0 Å². The lowest BCUT2D eigenvalue weighted by Gasteiger charge is -2.21. The molecule has 0 saturated heterocycles. The highest BCUT2D eigenvalue weighted by Crippen LogP contribution is 2.15. The van der Waals surface area contributed by atoms with Crippen LogP contribution >= 0.6 is 0 Å². The van der Waals surface area contributed by atoms with Crippen molar-refractivity contribution in [3.8, 4) is 0 Å². The number of nitrogens with two attached hydrogens (primary N) is 1. The van der Waals surface area contributed by atoms with Crippen molar-refractivity contribution < 1.29 is 0 Å². The summed E-state index contributed by atoms with van der Waals surface area (Å²) in [6.07, 6.45) is 3.82. The van der Waals surface area contributed by atoms with E-state index in [1.807, 2.05) is 30.6 Å². The Bertz CT molecular complexity index is 537. The number of aromatic nitrogens is 1. The van der Waals surface area contributed by atoms with E-state index in [2.05, 4.69) is 35.9 Å². The Morgan fingerprint density at radius 3 is 2.63 bits per heavy atom. The zero-order valence-electron chi connectivity index (χ0n) is 11.6. The van der Waals surface area contributed by atoms with E-state index in [0.29, 0.717) is 0 Å². The average molecular weight is 255 g/mol. The lowest BCUT2D eigenvalue weighted by atomic mass is 10.1. The molecule has 0 amide bonds. The van der Waals surface area contributed by atoms with Crippen molar-refractivity contribution in [2.24, 2.45) is 0 Å². The van der Waals surface area contributed by atoms with Crippen LogP contribution in [0.1, 0.15) is 23.6 Å². The second-order valence-corrected chi connectivity index (χ2v) is 4.87. The number of hydrogen-bond donors (Lipinski definition) is 1. The molecule has 0 aliphatic carbocycles. The SMILES string of the molecule is CCN(Cc1cncc(C)c1)Cc1ccccc1N. The van der Waals surface area contributed by atoms with Gasteiger partial charge in [0.1, 0.15) is 0 Å². The normalized spacial score (nSPS) is 10.9. The Kier molecular flexibility index (Phi) is 4.53. The molecule has 0 aliphatic rings. The lowest BCUT2D eigenvalue weighted by Crippen LogP contribution is -2.23. The van der Waals surface area contributed by atoms with Gasteiger partial charge in [-0.15, -0.1) is 0 Å². The van der Waals surface area contributed by atoms with Gasteiger partial charge in [0.2, 0.25) is 0 Å². The van der Waals surface area contributed by atoms with E-state index >= 15 is 0 Å². The van der Waals surface area contributed by atoms with Crippen LogP contribution in [0.25, 0.3) is 0 Å². The Morgan fingerprint density at radius 2 is 1.95 bits per heavy atom. The van der Waals surface area contributed by atoms with Crippen molar-refractivity contribution in [1.29, 1.82) is 0 Å². The van der Waals surface area contributed by atoms with E-state index in [0.717, 1.165) is 25.3 Å². The minimum Gasteiger partial charge on any atom is -0.398 e. The standard InChI is InChI=1S/C16H21N3/c1-3-19(11-14-8-13(2)9-18-10-14)12-15-6-4-5-7-16(15)17/h4-10H,3,11-12,17H2,1-2H3. The Labute approximate surface area is 115 Å². The molecule has 0 unspecified atom stereocenters. The number of rotatable bonds is 5. The van der Waals surface area contributed by atoms with E-state index < -0.39 is 0 Å². The van der Waals surface area contributed by atoms with E-state index in [1.165, 1.54) is 16.7 Å². The summed E-state index contributed by atoms with van der Waals surface area (Å²) in [6.45, 7) is 7.00. The average Bonchev–Trinajstić information content (AvgIpc) is 2.40. The molecule has 0 radical (unpaired) electrons. The van der Waals surface area contributed by atoms with Gasteiger partial charge < -0.3 is 5.73 Å². The van der Waals surface area contributed by atoms with Crippen LogP contribution in [0.3, 0.4) is 0 Å². The smallest absolute Gasteiger partial charge is 0.0359 e. The lowest BCUT2D eigenvalue weighted by molar-refractivity contribution is 0.271. The monoisotopic (exact) mass is 255 g/mol. The fourth-order valence-corrected chi connectivity index (χ4v) is 2.16. The number of hydrogen-bond acceptors (Lipinski definition) is 3. The molecule has 3 nitrogen and oxygen atoms in total. The molecule has 19 heavy (non-hydrogen) atoms. The van der Waals surface area contributed by atoms with Crippen molar-refractivity contribution in [2.45, 2.75) is 26.9 Å². The molecule has 1 aromatic heterocycles. The fraction of sp³-hybridized carbons (Fsp3) is 0.312. The van der Waals surface area contributed by atoms with Crippen LogP contribution in [0.2, 0.25) is 0 Å². The van der Waals surface area contributed by atoms with Crippen molar-refractivity contribution in [3.05, 3.63) is 59.4 Å². The quantitative estimate of drug-likeness (QED) is 0.835. The summed E-state index contributed by atoms with van der Waals surface area (Å²) in [6, 6.07) is 10.2. The third-order valence-corrected chi connectivity index (χ3v) is 3.23. The second kappa shape index (κ2) is 6.34. The van der Waals surface area contributed by atoms with Crippen LogP contribution in [0.5, 0.6) is 0 Å². The molecule has 2 aromatic rings. The number of para-hydroxylation sites is 1. The molecule has 0 atom stereocenters. The van der Waals surface area contributed by atoms with Crippen molar-refractivity contribution in [2.75, 3.05) is 12.3 Å². The predicted octanol–water partition coefficient (Wildman–Crippen LogP) is 2.99. The predicted molar refractivity (Wildman–Crippen MR) is 79.6 cm³/mol. The molecule has 0 aliphatic heterocycles. The number of nitrogens with zero attached hydrogens (tertiary/aromatic N) is 2. The van der Waals surface area contributed by atoms with E-state index in [4.69, 9.17) is 5.73 Å². The second-order valence-electron chi connectivity index (χ2n) is 4.87. The number of anilines is 1. The van der Waals surface area contributed by atoms with Gasteiger partial charge in [-0.1, -0.05) is 31.2 Å². The number of pyridine rings is 1. The molecule has 1 heterocycles. The van der Waals surface area contributed by atoms with Crippen LogP contribution < -0.4 is 5.73 Å². The molecule has 0 bridgehead atoms. The first-order chi connectivity index (χ1) is 9.19. The Morgan fingerprint density at radius 1 is 1.16 bits per heavy atom. The highest BCUT2D eigenvalue weighted by atomic mass is 15.1. The number of aryl methyl sites for hydroxylation is 1. The Hall–Kier alpha value is -1.87. The van der Waals surface area contributed by atoms with Gasteiger partial charge >= 0.3 is 0 Å². The number of nitrogen functional groups attached to an aromatic ring is 1. The maximum Gasteiger partial charge on any atom is 0.0359 e. The zero-order chi connectivity index (χ0) is 13.7. The summed E-state index contributed by atoms with van der Waals surface area (Å²) in [5, 5.41) is 0. The third-order valence-electron chi connectivity index (χ3n) is 3.23. The number of benzene rings is 1. The minimum atomic E-state index is 0.864. The summed E-state index contributed by atoms with van der Waals surface area (Å²) < 4.78 is 0. The first-order valence-electron chi connectivity index (χ1n) is 6.65. The molecule has 0 spiro atoms. The summed E-state index contributed by atoms with van der Waals surface area (Å²) >= 11 is 0. The van der Waals surface area contributed by atoms with Crippen LogP contribution in [0.15, 0.2) is 42.7 Å².